The molecule has 194 valence electrons. The molecule has 38 heavy (non-hydrogen) atoms. The Morgan fingerprint density at radius 3 is 2.39 bits per heavy atom. The number of aliphatic hydroxyl groups excluding tert-OH is 1. The summed E-state index contributed by atoms with van der Waals surface area (Å²) < 4.78 is 0. The number of aromatic amines is 1. The number of hydrogen-bond donors (Lipinski definition) is 3. The number of benzene rings is 3. The zero-order valence-electron chi connectivity index (χ0n) is 21.7. The van der Waals surface area contributed by atoms with E-state index in [9.17, 15) is 14.7 Å². The summed E-state index contributed by atoms with van der Waals surface area (Å²) in [5.41, 5.74) is 4.28. The molecule has 0 aliphatic heterocycles. The van der Waals surface area contributed by atoms with Crippen LogP contribution in [0.15, 0.2) is 90.2 Å². The molecular weight excluding hydrogens is 496 g/mol. The maximum absolute atomic E-state index is 13.7. The van der Waals surface area contributed by atoms with Gasteiger partial charge in [-0.1, -0.05) is 78.3 Å². The van der Waals surface area contributed by atoms with Gasteiger partial charge in [-0.3, -0.25) is 9.59 Å². The van der Waals surface area contributed by atoms with Gasteiger partial charge < -0.3 is 15.4 Å². The number of ketones is 1. The summed E-state index contributed by atoms with van der Waals surface area (Å²) in [6, 6.07) is 25.1. The normalized spacial score (nSPS) is 16.7. The number of aliphatic hydroxyl groups is 1. The fourth-order valence-corrected chi connectivity index (χ4v) is 5.94. The lowest BCUT2D eigenvalue weighted by atomic mass is 9.82. The molecule has 2 atom stereocenters. The van der Waals surface area contributed by atoms with Crippen molar-refractivity contribution in [2.75, 3.05) is 0 Å². The predicted octanol–water partition coefficient (Wildman–Crippen LogP) is 6.98. The molecule has 3 N–H and O–H groups in total. The molecule has 1 heterocycles. The van der Waals surface area contributed by atoms with E-state index in [0.29, 0.717) is 17.0 Å². The zero-order valence-corrected chi connectivity index (χ0v) is 22.5. The molecule has 4 aromatic rings. The Morgan fingerprint density at radius 1 is 1.08 bits per heavy atom. The second-order valence-electron chi connectivity index (χ2n) is 10.7. The third-order valence-corrected chi connectivity index (χ3v) is 7.48. The summed E-state index contributed by atoms with van der Waals surface area (Å²) in [7, 11) is 0. The van der Waals surface area contributed by atoms with Crippen LogP contribution in [0, 0.1) is 0 Å². The molecule has 0 bridgehead atoms. The molecule has 6 heteroatoms. The van der Waals surface area contributed by atoms with E-state index in [-0.39, 0.29) is 29.8 Å². The Morgan fingerprint density at radius 2 is 1.74 bits per heavy atom. The molecule has 1 aliphatic rings. The van der Waals surface area contributed by atoms with E-state index in [1.54, 1.807) is 0 Å². The quantitative estimate of drug-likeness (QED) is 0.243. The lowest BCUT2D eigenvalue weighted by Crippen LogP contribution is -2.44. The monoisotopic (exact) mass is 526 g/mol. The number of nitrogens with one attached hydrogen (secondary N) is 2. The average Bonchev–Trinajstić information content (AvgIpc) is 3.36. The third kappa shape index (κ3) is 4.99. The van der Waals surface area contributed by atoms with Gasteiger partial charge in [0, 0.05) is 52.0 Å². The maximum atomic E-state index is 13.7. The van der Waals surface area contributed by atoms with Crippen molar-refractivity contribution in [1.82, 2.24) is 10.3 Å². The Bertz CT molecular complexity index is 1540. The van der Waals surface area contributed by atoms with Crippen LogP contribution >= 0.6 is 11.6 Å². The third-order valence-electron chi connectivity index (χ3n) is 7.24. The molecule has 1 amide bonds. The van der Waals surface area contributed by atoms with E-state index < -0.39 is 11.5 Å². The molecule has 5 rings (SSSR count). The summed E-state index contributed by atoms with van der Waals surface area (Å²) in [5.74, 6) is -0.987. The molecule has 3 aromatic carbocycles. The lowest BCUT2D eigenvalue weighted by Gasteiger charge is -2.28. The summed E-state index contributed by atoms with van der Waals surface area (Å²) in [5, 5.41) is 16.2. The maximum Gasteiger partial charge on any atom is 0.217 e. The molecule has 5 nitrogen and oxygen atoms in total. The van der Waals surface area contributed by atoms with Gasteiger partial charge in [0.25, 0.3) is 0 Å². The largest absolute Gasteiger partial charge is 0.511 e. The fourth-order valence-electron chi connectivity index (χ4n) is 5.76. The topological polar surface area (TPSA) is 82.2 Å². The minimum atomic E-state index is -0.556. The van der Waals surface area contributed by atoms with Crippen LogP contribution in [0.2, 0.25) is 5.02 Å². The summed E-state index contributed by atoms with van der Waals surface area (Å²) in [6.07, 6.45) is 0.727. The van der Waals surface area contributed by atoms with Crippen molar-refractivity contribution < 1.29 is 14.7 Å². The van der Waals surface area contributed by atoms with Crippen LogP contribution in [0.4, 0.5) is 0 Å². The highest BCUT2D eigenvalue weighted by atomic mass is 35.5. The second-order valence-corrected chi connectivity index (χ2v) is 11.1. The summed E-state index contributed by atoms with van der Waals surface area (Å²) >= 11 is 6.36. The van der Waals surface area contributed by atoms with Crippen molar-refractivity contribution in [3.63, 3.8) is 0 Å². The number of halogens is 1. The predicted molar refractivity (Wildman–Crippen MR) is 152 cm³/mol. The Hall–Kier alpha value is -3.83. The number of carbonyl (C=O) groups excluding carboxylic acids is 2. The first-order valence-corrected chi connectivity index (χ1v) is 13.2. The van der Waals surface area contributed by atoms with Gasteiger partial charge >= 0.3 is 0 Å². The van der Waals surface area contributed by atoms with Crippen molar-refractivity contribution in [3.05, 3.63) is 118 Å². The number of aromatic nitrogens is 1. The van der Waals surface area contributed by atoms with Gasteiger partial charge in [0.15, 0.2) is 5.78 Å². The molecule has 0 radical (unpaired) electrons. The number of hydrogen-bond acceptors (Lipinski definition) is 3. The van der Waals surface area contributed by atoms with E-state index in [4.69, 9.17) is 11.6 Å². The average molecular weight is 527 g/mol. The van der Waals surface area contributed by atoms with Gasteiger partial charge in [-0.25, -0.2) is 0 Å². The minimum Gasteiger partial charge on any atom is -0.511 e. The van der Waals surface area contributed by atoms with Crippen molar-refractivity contribution in [2.45, 2.75) is 51.0 Å². The molecule has 0 fully saturated rings. The van der Waals surface area contributed by atoms with Crippen LogP contribution in [-0.2, 0) is 16.0 Å². The Kier molecular flexibility index (Phi) is 6.89. The summed E-state index contributed by atoms with van der Waals surface area (Å²) in [4.78, 5) is 29.2. The van der Waals surface area contributed by atoms with Crippen molar-refractivity contribution in [3.8, 4) is 0 Å². The van der Waals surface area contributed by atoms with Crippen LogP contribution in [0.3, 0.4) is 0 Å². The number of Topliss-reactive ketones (excluding diaryl/α,β-unsaturated/α-hetero) is 1. The highest BCUT2D eigenvalue weighted by Crippen LogP contribution is 2.46. The second kappa shape index (κ2) is 10.1. The van der Waals surface area contributed by atoms with Crippen molar-refractivity contribution in [1.29, 1.82) is 0 Å². The van der Waals surface area contributed by atoms with Gasteiger partial charge in [0.05, 0.1) is 5.92 Å². The number of allylic oxidation sites excluding steroid dienone is 2. The molecule has 1 aliphatic carbocycles. The smallest absolute Gasteiger partial charge is 0.217 e. The van der Waals surface area contributed by atoms with Crippen LogP contribution in [0.25, 0.3) is 10.9 Å². The number of carbonyl (C=O) groups is 2. The van der Waals surface area contributed by atoms with E-state index >= 15 is 0 Å². The molecule has 0 saturated heterocycles. The van der Waals surface area contributed by atoms with E-state index in [1.165, 1.54) is 6.92 Å². The fraction of sp³-hybridized carbons (Fsp3) is 0.250. The van der Waals surface area contributed by atoms with Gasteiger partial charge in [0.1, 0.15) is 5.76 Å². The van der Waals surface area contributed by atoms with Gasteiger partial charge in [-0.15, -0.1) is 0 Å². The number of fused-ring (bicyclic) bond motifs is 1. The SMILES string of the molecule is CC(=O)NC(C)(C)Cc1c(C(C2=C(O)C(c3ccccc3)CC2=O)c2ccccc2)[nH]c2cc(Cl)ccc12. The number of H-pyrrole nitrogens is 1. The summed E-state index contributed by atoms with van der Waals surface area (Å²) in [6.45, 7) is 5.47. The number of rotatable bonds is 7. The lowest BCUT2D eigenvalue weighted by molar-refractivity contribution is -0.120. The standard InChI is InChI=1S/C32H31ClN2O3/c1-19(36)35-32(2,3)18-25-23-15-14-22(33)16-26(23)34-30(25)28(21-12-8-5-9-13-21)29-27(37)17-24(31(29)38)20-10-6-4-7-11-20/h4-16,24,28,34,38H,17-18H2,1-3H3,(H,35,36). The van der Waals surface area contributed by atoms with Crippen LogP contribution in [-0.4, -0.2) is 27.3 Å². The molecular formula is C32H31ClN2O3. The Labute approximate surface area is 227 Å². The highest BCUT2D eigenvalue weighted by Gasteiger charge is 2.40. The van der Waals surface area contributed by atoms with E-state index in [1.807, 2.05) is 92.7 Å². The Balaban J connectivity index is 1.74. The van der Waals surface area contributed by atoms with E-state index in [0.717, 1.165) is 33.3 Å². The van der Waals surface area contributed by atoms with Crippen LogP contribution < -0.4 is 5.32 Å². The van der Waals surface area contributed by atoms with Crippen LogP contribution in [0.5, 0.6) is 0 Å². The van der Waals surface area contributed by atoms with Gasteiger partial charge in [-0.05, 0) is 49.1 Å². The minimum absolute atomic E-state index is 0.0750. The van der Waals surface area contributed by atoms with Crippen molar-refractivity contribution in [2.24, 2.45) is 0 Å². The first-order valence-electron chi connectivity index (χ1n) is 12.8. The van der Waals surface area contributed by atoms with Crippen LogP contribution in [0.1, 0.15) is 61.4 Å². The zero-order chi connectivity index (χ0) is 27.0. The van der Waals surface area contributed by atoms with Gasteiger partial charge in [-0.2, -0.15) is 0 Å². The highest BCUT2D eigenvalue weighted by molar-refractivity contribution is 6.31. The number of amides is 1. The molecule has 0 spiro atoms. The van der Waals surface area contributed by atoms with Gasteiger partial charge in [0.2, 0.25) is 5.91 Å². The van der Waals surface area contributed by atoms with E-state index in [2.05, 4.69) is 10.3 Å². The first-order chi connectivity index (χ1) is 18.1. The van der Waals surface area contributed by atoms with Crippen molar-refractivity contribution >= 4 is 34.2 Å². The molecule has 0 saturated carbocycles. The molecule has 2 unspecified atom stereocenters. The first kappa shape index (κ1) is 25.8. The molecule has 1 aromatic heterocycles.